The molecule has 2 rings (SSSR count). The SMILES string of the molecule is CC(=O)c1ccc(-c2ccc(/C=N\NC(F)(F)C(F)(F)C(F)(F)F)o2)cc1. The summed E-state index contributed by atoms with van der Waals surface area (Å²) in [6.45, 7) is 1.38. The molecule has 146 valence electrons. The molecular weight excluding hydrogens is 385 g/mol. The molecule has 11 heteroatoms. The third-order valence-electron chi connectivity index (χ3n) is 3.35. The largest absolute Gasteiger partial charge is 0.462 e. The first-order valence-electron chi connectivity index (χ1n) is 7.19. The van der Waals surface area contributed by atoms with E-state index in [0.717, 1.165) is 0 Å². The summed E-state index contributed by atoms with van der Waals surface area (Å²) in [5.41, 5.74) is 1.46. The Hall–Kier alpha value is -2.85. The maximum absolute atomic E-state index is 13.0. The molecule has 1 aromatic carbocycles. The Labute approximate surface area is 147 Å². The van der Waals surface area contributed by atoms with Crippen LogP contribution in [0.15, 0.2) is 45.9 Å². The summed E-state index contributed by atoms with van der Waals surface area (Å²) in [6.07, 6.45) is -5.93. The number of carbonyl (C=O) groups is 1. The summed E-state index contributed by atoms with van der Waals surface area (Å²) >= 11 is 0. The minimum Gasteiger partial charge on any atom is -0.455 e. The van der Waals surface area contributed by atoms with Crippen LogP contribution >= 0.6 is 0 Å². The third-order valence-corrected chi connectivity index (χ3v) is 3.35. The number of rotatable bonds is 6. The number of hydrogen-bond donors (Lipinski definition) is 1. The fraction of sp³-hybridized carbons (Fsp3) is 0.250. The Kier molecular flexibility index (Phi) is 5.34. The predicted molar refractivity (Wildman–Crippen MR) is 80.8 cm³/mol. The molecule has 0 radical (unpaired) electrons. The van der Waals surface area contributed by atoms with Gasteiger partial charge in [-0.1, -0.05) is 24.3 Å². The van der Waals surface area contributed by atoms with Crippen molar-refractivity contribution in [2.45, 2.75) is 25.1 Å². The normalized spacial score (nSPS) is 13.2. The molecule has 0 spiro atoms. The molecule has 1 aromatic heterocycles. The molecule has 0 aliphatic heterocycles. The number of carbonyl (C=O) groups excluding carboxylic acids is 1. The van der Waals surface area contributed by atoms with Crippen molar-refractivity contribution < 1.29 is 39.9 Å². The molecule has 0 unspecified atom stereocenters. The highest BCUT2D eigenvalue weighted by molar-refractivity contribution is 5.94. The lowest BCUT2D eigenvalue weighted by atomic mass is 10.1. The monoisotopic (exact) mass is 396 g/mol. The van der Waals surface area contributed by atoms with E-state index in [9.17, 15) is 35.5 Å². The zero-order chi connectivity index (χ0) is 20.5. The average molecular weight is 396 g/mol. The number of ketones is 1. The van der Waals surface area contributed by atoms with Gasteiger partial charge in [0.05, 0.1) is 6.21 Å². The van der Waals surface area contributed by atoms with Gasteiger partial charge in [0.25, 0.3) is 0 Å². The van der Waals surface area contributed by atoms with Gasteiger partial charge in [-0.05, 0) is 19.1 Å². The van der Waals surface area contributed by atoms with Crippen molar-refractivity contribution in [2.75, 3.05) is 0 Å². The second kappa shape index (κ2) is 7.05. The van der Waals surface area contributed by atoms with Crippen LogP contribution in [0.25, 0.3) is 11.3 Å². The number of alkyl halides is 7. The van der Waals surface area contributed by atoms with Crippen LogP contribution in [-0.2, 0) is 0 Å². The van der Waals surface area contributed by atoms with Crippen LogP contribution in [0.1, 0.15) is 23.0 Å². The molecule has 1 N–H and O–H groups in total. The summed E-state index contributed by atoms with van der Waals surface area (Å²) < 4.78 is 92.6. The Morgan fingerprint density at radius 1 is 1.00 bits per heavy atom. The van der Waals surface area contributed by atoms with E-state index in [0.29, 0.717) is 22.8 Å². The maximum atomic E-state index is 13.0. The van der Waals surface area contributed by atoms with Crippen LogP contribution in [0.5, 0.6) is 0 Å². The van der Waals surface area contributed by atoms with E-state index in [1.165, 1.54) is 31.2 Å². The number of hydrazone groups is 1. The molecule has 27 heavy (non-hydrogen) atoms. The van der Waals surface area contributed by atoms with E-state index in [-0.39, 0.29) is 17.3 Å². The lowest BCUT2D eigenvalue weighted by Crippen LogP contribution is -2.58. The highest BCUT2D eigenvalue weighted by atomic mass is 19.4. The molecule has 0 fully saturated rings. The zero-order valence-corrected chi connectivity index (χ0v) is 13.5. The van der Waals surface area contributed by atoms with Gasteiger partial charge in [-0.2, -0.15) is 35.8 Å². The first-order chi connectivity index (χ1) is 12.3. The molecule has 0 aliphatic carbocycles. The number of benzene rings is 1. The van der Waals surface area contributed by atoms with Crippen LogP contribution in [0.3, 0.4) is 0 Å². The zero-order valence-electron chi connectivity index (χ0n) is 13.5. The van der Waals surface area contributed by atoms with Crippen molar-refractivity contribution in [2.24, 2.45) is 5.10 Å². The van der Waals surface area contributed by atoms with Crippen LogP contribution < -0.4 is 5.43 Å². The van der Waals surface area contributed by atoms with Gasteiger partial charge in [-0.15, -0.1) is 0 Å². The predicted octanol–water partition coefficient (Wildman–Crippen LogP) is 4.86. The number of furan rings is 1. The number of hydrogen-bond acceptors (Lipinski definition) is 4. The Morgan fingerprint density at radius 3 is 2.11 bits per heavy atom. The summed E-state index contributed by atoms with van der Waals surface area (Å²) in [5.74, 6) is -6.42. The van der Waals surface area contributed by atoms with Crippen molar-refractivity contribution in [3.05, 3.63) is 47.7 Å². The van der Waals surface area contributed by atoms with Crippen molar-refractivity contribution in [3.63, 3.8) is 0 Å². The third kappa shape index (κ3) is 4.29. The van der Waals surface area contributed by atoms with Gasteiger partial charge in [0, 0.05) is 11.1 Å². The Bertz CT molecular complexity index is 839. The Balaban J connectivity index is 2.10. The average Bonchev–Trinajstić information content (AvgIpc) is 3.02. The van der Waals surface area contributed by atoms with Gasteiger partial charge in [-0.3, -0.25) is 4.79 Å². The lowest BCUT2D eigenvalue weighted by molar-refractivity contribution is -0.361. The summed E-state index contributed by atoms with van der Waals surface area (Å²) in [6, 6.07) is 3.12. The quantitative estimate of drug-likeness (QED) is 0.249. The van der Waals surface area contributed by atoms with Gasteiger partial charge in [0.15, 0.2) is 5.78 Å². The van der Waals surface area contributed by atoms with Gasteiger partial charge < -0.3 is 4.42 Å². The topological polar surface area (TPSA) is 54.6 Å². The maximum Gasteiger partial charge on any atom is 0.462 e. The van der Waals surface area contributed by atoms with E-state index in [1.54, 1.807) is 12.1 Å². The van der Waals surface area contributed by atoms with Crippen molar-refractivity contribution in [1.82, 2.24) is 5.43 Å². The van der Waals surface area contributed by atoms with E-state index < -0.39 is 18.1 Å². The van der Waals surface area contributed by atoms with E-state index in [1.807, 2.05) is 0 Å². The molecule has 0 aliphatic rings. The van der Waals surface area contributed by atoms with Crippen molar-refractivity contribution in [1.29, 1.82) is 0 Å². The minimum atomic E-state index is -6.46. The number of nitrogens with one attached hydrogen (secondary N) is 1. The molecule has 0 bridgehead atoms. The van der Waals surface area contributed by atoms with E-state index in [2.05, 4.69) is 5.10 Å². The molecule has 1 heterocycles. The number of Topliss-reactive ketones (excluding diaryl/α,β-unsaturated/α-hetero) is 1. The minimum absolute atomic E-state index is 0.156. The first-order valence-corrected chi connectivity index (χ1v) is 7.19. The lowest BCUT2D eigenvalue weighted by Gasteiger charge is -2.27. The summed E-state index contributed by atoms with van der Waals surface area (Å²) in [4.78, 5) is 11.2. The van der Waals surface area contributed by atoms with Crippen molar-refractivity contribution in [3.8, 4) is 11.3 Å². The first kappa shape index (κ1) is 20.5. The summed E-state index contributed by atoms with van der Waals surface area (Å²) in [7, 11) is 0. The van der Waals surface area contributed by atoms with Gasteiger partial charge >= 0.3 is 18.1 Å². The number of halogens is 7. The molecule has 0 saturated carbocycles. The van der Waals surface area contributed by atoms with Gasteiger partial charge in [-0.25, -0.2) is 5.43 Å². The fourth-order valence-corrected chi connectivity index (χ4v) is 1.87. The molecule has 0 atom stereocenters. The van der Waals surface area contributed by atoms with Crippen LogP contribution in [0, 0.1) is 0 Å². The molecule has 0 amide bonds. The molecule has 0 saturated heterocycles. The smallest absolute Gasteiger partial charge is 0.455 e. The fourth-order valence-electron chi connectivity index (χ4n) is 1.87. The number of nitrogens with zero attached hydrogens (tertiary/aromatic N) is 1. The molecule has 4 nitrogen and oxygen atoms in total. The summed E-state index contributed by atoms with van der Waals surface area (Å²) in [5, 5.41) is 2.69. The van der Waals surface area contributed by atoms with E-state index >= 15 is 0 Å². The second-order valence-corrected chi connectivity index (χ2v) is 5.35. The van der Waals surface area contributed by atoms with Gasteiger partial charge in [0.2, 0.25) is 0 Å². The van der Waals surface area contributed by atoms with Crippen LogP contribution in [0.4, 0.5) is 30.7 Å². The highest BCUT2D eigenvalue weighted by Crippen LogP contribution is 2.44. The van der Waals surface area contributed by atoms with Crippen LogP contribution in [0.2, 0.25) is 0 Å². The second-order valence-electron chi connectivity index (χ2n) is 5.35. The molecular formula is C16H11F7N2O2. The van der Waals surface area contributed by atoms with E-state index in [4.69, 9.17) is 4.42 Å². The van der Waals surface area contributed by atoms with Gasteiger partial charge in [0.1, 0.15) is 11.5 Å². The Morgan fingerprint density at radius 2 is 1.59 bits per heavy atom. The van der Waals surface area contributed by atoms with Crippen molar-refractivity contribution >= 4 is 12.0 Å². The standard InChI is InChI=1S/C16H11F7N2O2/c1-9(26)10-2-4-11(5-3-10)13-7-6-12(27-13)8-24-25-16(22,23)14(17,18)15(19,20)21/h2-8,25H,1H3/b24-8-. The van der Waals surface area contributed by atoms with Crippen LogP contribution in [-0.4, -0.2) is 30.1 Å². The highest BCUT2D eigenvalue weighted by Gasteiger charge is 2.73. The molecule has 2 aromatic rings.